The van der Waals surface area contributed by atoms with Crippen molar-refractivity contribution in [3.63, 3.8) is 0 Å². The molecular weight excluding hydrogens is 178 g/mol. The van der Waals surface area contributed by atoms with E-state index in [0.29, 0.717) is 0 Å². The Hall–Kier alpha value is -1.51. The molecule has 0 bridgehead atoms. The Morgan fingerprint density at radius 1 is 1.43 bits per heavy atom. The van der Waals surface area contributed by atoms with Crippen LogP contribution in [0.4, 0.5) is 5.69 Å². The van der Waals surface area contributed by atoms with Gasteiger partial charge in [0, 0.05) is 12.7 Å². The number of anilines is 1. The summed E-state index contributed by atoms with van der Waals surface area (Å²) in [7, 11) is 1.86. The monoisotopic (exact) mass is 193 g/mol. The van der Waals surface area contributed by atoms with Gasteiger partial charge in [-0.15, -0.1) is 0 Å². The number of hydrogen-bond donors (Lipinski definition) is 2. The third kappa shape index (κ3) is 2.76. The fraction of sp³-hybridized carbons (Fsp3) is 0.364. The maximum atomic E-state index is 10.5. The van der Waals surface area contributed by atoms with E-state index < -0.39 is 5.97 Å². The first-order valence-electron chi connectivity index (χ1n) is 4.63. The molecule has 1 aromatic carbocycles. The summed E-state index contributed by atoms with van der Waals surface area (Å²) in [5, 5.41) is 11.7. The van der Waals surface area contributed by atoms with Crippen LogP contribution >= 0.6 is 0 Å². The van der Waals surface area contributed by atoms with Crippen molar-refractivity contribution in [1.82, 2.24) is 0 Å². The molecule has 0 aliphatic heterocycles. The lowest BCUT2D eigenvalue weighted by Gasteiger charge is -2.09. The Morgan fingerprint density at radius 3 is 2.43 bits per heavy atom. The summed E-state index contributed by atoms with van der Waals surface area (Å²) < 4.78 is 0. The number of nitrogens with one attached hydrogen (secondary N) is 1. The van der Waals surface area contributed by atoms with Crippen LogP contribution in [-0.4, -0.2) is 18.1 Å². The highest BCUT2D eigenvalue weighted by molar-refractivity contribution is 5.68. The summed E-state index contributed by atoms with van der Waals surface area (Å²) in [6, 6.07) is 7.82. The molecular formula is C11H15NO2. The van der Waals surface area contributed by atoms with Gasteiger partial charge < -0.3 is 10.4 Å². The van der Waals surface area contributed by atoms with E-state index in [0.717, 1.165) is 11.3 Å². The molecule has 1 rings (SSSR count). The second kappa shape index (κ2) is 4.65. The fourth-order valence-corrected chi connectivity index (χ4v) is 1.36. The number of carbonyl (C=O) groups is 1. The summed E-state index contributed by atoms with van der Waals surface area (Å²) in [6.45, 7) is 1.92. The third-order valence-electron chi connectivity index (χ3n) is 2.25. The Balaban J connectivity index is 2.71. The zero-order valence-corrected chi connectivity index (χ0v) is 8.45. The molecule has 0 saturated heterocycles. The quantitative estimate of drug-likeness (QED) is 0.771. The minimum atomic E-state index is -0.754. The van der Waals surface area contributed by atoms with E-state index in [9.17, 15) is 4.79 Å². The highest BCUT2D eigenvalue weighted by atomic mass is 16.4. The van der Waals surface area contributed by atoms with E-state index >= 15 is 0 Å². The molecule has 0 aliphatic rings. The number of benzene rings is 1. The van der Waals surface area contributed by atoms with Gasteiger partial charge in [0.2, 0.25) is 0 Å². The second-order valence-corrected chi connectivity index (χ2v) is 3.37. The number of aliphatic carboxylic acids is 1. The molecule has 76 valence electrons. The van der Waals surface area contributed by atoms with Gasteiger partial charge in [0.15, 0.2) is 0 Å². The minimum absolute atomic E-state index is 0.0680. The molecule has 1 atom stereocenters. The van der Waals surface area contributed by atoms with E-state index in [1.807, 2.05) is 38.2 Å². The Kier molecular flexibility index (Phi) is 3.51. The zero-order valence-electron chi connectivity index (χ0n) is 8.45. The van der Waals surface area contributed by atoms with Crippen molar-refractivity contribution in [3.8, 4) is 0 Å². The summed E-state index contributed by atoms with van der Waals surface area (Å²) in [4.78, 5) is 10.5. The van der Waals surface area contributed by atoms with Crippen LogP contribution in [0.5, 0.6) is 0 Å². The topological polar surface area (TPSA) is 49.3 Å². The van der Waals surface area contributed by atoms with Crippen molar-refractivity contribution in [2.24, 2.45) is 0 Å². The van der Waals surface area contributed by atoms with E-state index in [2.05, 4.69) is 5.32 Å². The number of carboxylic acids is 1. The zero-order chi connectivity index (χ0) is 10.6. The lowest BCUT2D eigenvalue weighted by atomic mass is 9.98. The number of hydrogen-bond acceptors (Lipinski definition) is 2. The molecule has 2 N–H and O–H groups in total. The predicted molar refractivity (Wildman–Crippen MR) is 56.7 cm³/mol. The van der Waals surface area contributed by atoms with Gasteiger partial charge in [-0.05, 0) is 23.6 Å². The Bertz CT molecular complexity index is 306. The van der Waals surface area contributed by atoms with Gasteiger partial charge in [-0.1, -0.05) is 19.1 Å². The molecule has 0 heterocycles. The van der Waals surface area contributed by atoms with Crippen molar-refractivity contribution < 1.29 is 9.90 Å². The molecule has 0 saturated carbocycles. The lowest BCUT2D eigenvalue weighted by Crippen LogP contribution is -2.02. The first-order chi connectivity index (χ1) is 6.63. The van der Waals surface area contributed by atoms with Gasteiger partial charge >= 0.3 is 5.97 Å². The van der Waals surface area contributed by atoms with Gasteiger partial charge in [0.05, 0.1) is 6.42 Å². The third-order valence-corrected chi connectivity index (χ3v) is 2.25. The Labute approximate surface area is 83.8 Å². The lowest BCUT2D eigenvalue weighted by molar-refractivity contribution is -0.137. The Morgan fingerprint density at radius 2 is 2.00 bits per heavy atom. The van der Waals surface area contributed by atoms with E-state index in [4.69, 9.17) is 5.11 Å². The summed E-state index contributed by atoms with van der Waals surface area (Å²) >= 11 is 0. The van der Waals surface area contributed by atoms with Crippen LogP contribution in [0.1, 0.15) is 24.8 Å². The largest absolute Gasteiger partial charge is 0.481 e. The molecule has 0 aromatic heterocycles. The molecule has 0 spiro atoms. The molecule has 14 heavy (non-hydrogen) atoms. The first kappa shape index (κ1) is 10.6. The maximum Gasteiger partial charge on any atom is 0.303 e. The van der Waals surface area contributed by atoms with Crippen LogP contribution in [0.2, 0.25) is 0 Å². The normalized spacial score (nSPS) is 12.1. The fourth-order valence-electron chi connectivity index (χ4n) is 1.36. The van der Waals surface area contributed by atoms with Crippen LogP contribution in [0, 0.1) is 0 Å². The second-order valence-electron chi connectivity index (χ2n) is 3.37. The van der Waals surface area contributed by atoms with Crippen LogP contribution in [0.15, 0.2) is 24.3 Å². The number of carboxylic acid groups (broad SMARTS) is 1. The maximum absolute atomic E-state index is 10.5. The summed E-state index contributed by atoms with van der Waals surface area (Å²) in [6.07, 6.45) is 0.179. The van der Waals surface area contributed by atoms with E-state index in [1.54, 1.807) is 0 Å². The highest BCUT2D eigenvalue weighted by Crippen LogP contribution is 2.20. The van der Waals surface area contributed by atoms with Gasteiger partial charge in [-0.2, -0.15) is 0 Å². The molecule has 0 amide bonds. The first-order valence-corrected chi connectivity index (χ1v) is 4.63. The van der Waals surface area contributed by atoms with E-state index in [-0.39, 0.29) is 12.3 Å². The van der Waals surface area contributed by atoms with Crippen molar-refractivity contribution in [1.29, 1.82) is 0 Å². The molecule has 3 heteroatoms. The van der Waals surface area contributed by atoms with Crippen LogP contribution < -0.4 is 5.32 Å². The van der Waals surface area contributed by atoms with Crippen LogP contribution in [0.25, 0.3) is 0 Å². The van der Waals surface area contributed by atoms with Crippen LogP contribution in [-0.2, 0) is 4.79 Å². The molecule has 1 aromatic rings. The number of rotatable bonds is 4. The molecule has 3 nitrogen and oxygen atoms in total. The van der Waals surface area contributed by atoms with Gasteiger partial charge in [-0.3, -0.25) is 4.79 Å². The average molecular weight is 193 g/mol. The standard InChI is InChI=1S/C11H15NO2/c1-8(7-11(13)14)9-3-5-10(12-2)6-4-9/h3-6,8,12H,7H2,1-2H3,(H,13,14). The molecule has 1 unspecified atom stereocenters. The van der Waals surface area contributed by atoms with Gasteiger partial charge in [0.1, 0.15) is 0 Å². The van der Waals surface area contributed by atoms with Crippen molar-refractivity contribution in [2.45, 2.75) is 19.3 Å². The van der Waals surface area contributed by atoms with Crippen molar-refractivity contribution >= 4 is 11.7 Å². The summed E-state index contributed by atoms with van der Waals surface area (Å²) in [5.74, 6) is -0.686. The molecule has 0 aliphatic carbocycles. The van der Waals surface area contributed by atoms with Gasteiger partial charge in [-0.25, -0.2) is 0 Å². The smallest absolute Gasteiger partial charge is 0.303 e. The molecule has 0 fully saturated rings. The molecule has 0 radical (unpaired) electrons. The predicted octanol–water partition coefficient (Wildman–Crippen LogP) is 2.31. The van der Waals surface area contributed by atoms with E-state index in [1.165, 1.54) is 0 Å². The van der Waals surface area contributed by atoms with Crippen LogP contribution in [0.3, 0.4) is 0 Å². The van der Waals surface area contributed by atoms with Gasteiger partial charge in [0.25, 0.3) is 0 Å². The minimum Gasteiger partial charge on any atom is -0.481 e. The highest BCUT2D eigenvalue weighted by Gasteiger charge is 2.09. The van der Waals surface area contributed by atoms with Crippen molar-refractivity contribution in [2.75, 3.05) is 12.4 Å². The average Bonchev–Trinajstić information content (AvgIpc) is 2.17. The summed E-state index contributed by atoms with van der Waals surface area (Å²) in [5.41, 5.74) is 2.10. The SMILES string of the molecule is CNc1ccc(C(C)CC(=O)O)cc1. The van der Waals surface area contributed by atoms with Crippen molar-refractivity contribution in [3.05, 3.63) is 29.8 Å².